The monoisotopic (exact) mass is 404 g/mol. The van der Waals surface area contributed by atoms with Crippen molar-refractivity contribution in [2.24, 2.45) is 0 Å². The van der Waals surface area contributed by atoms with Gasteiger partial charge in [-0.2, -0.15) is 0 Å². The van der Waals surface area contributed by atoms with Crippen LogP contribution in [0.15, 0.2) is 42.5 Å². The Labute approximate surface area is 164 Å². The smallest absolute Gasteiger partial charge is 0.254 e. The minimum absolute atomic E-state index is 0.181. The lowest BCUT2D eigenvalue weighted by molar-refractivity contribution is 0.0816. The van der Waals surface area contributed by atoms with Crippen LogP contribution in [0.4, 0.5) is 8.78 Å². The van der Waals surface area contributed by atoms with Gasteiger partial charge < -0.3 is 4.90 Å². The molecule has 2 heterocycles. The molecule has 0 aliphatic carbocycles. The average Bonchev–Trinajstić information content (AvgIpc) is 2.89. The third-order valence-electron chi connectivity index (χ3n) is 4.49. The van der Waals surface area contributed by atoms with Crippen LogP contribution >= 0.6 is 23.2 Å². The topological polar surface area (TPSA) is 33.2 Å². The van der Waals surface area contributed by atoms with Crippen LogP contribution in [0.1, 0.15) is 15.9 Å². The summed E-state index contributed by atoms with van der Waals surface area (Å²) < 4.78 is 29.0. The largest absolute Gasteiger partial charge is 0.337 e. The molecular formula is C20H12Cl2F2N2O. The number of halogens is 4. The van der Waals surface area contributed by atoms with Crippen LogP contribution < -0.4 is 0 Å². The Hall–Kier alpha value is -2.50. The predicted octanol–water partition coefficient (Wildman–Crippen LogP) is 5.59. The van der Waals surface area contributed by atoms with Gasteiger partial charge in [0.2, 0.25) is 0 Å². The van der Waals surface area contributed by atoms with Gasteiger partial charge in [0.1, 0.15) is 11.6 Å². The normalized spacial score (nSPS) is 13.2. The van der Waals surface area contributed by atoms with E-state index in [0.717, 1.165) is 0 Å². The molecule has 4 rings (SSSR count). The van der Waals surface area contributed by atoms with Crippen molar-refractivity contribution in [1.82, 2.24) is 9.88 Å². The van der Waals surface area contributed by atoms with Gasteiger partial charge in [-0.1, -0.05) is 23.2 Å². The summed E-state index contributed by atoms with van der Waals surface area (Å²) in [5.41, 5.74) is 1.89. The van der Waals surface area contributed by atoms with Gasteiger partial charge in [-0.25, -0.2) is 13.8 Å². The summed E-state index contributed by atoms with van der Waals surface area (Å²) in [6.07, 6.45) is 0. The molecule has 1 aliphatic rings. The molecule has 0 saturated heterocycles. The van der Waals surface area contributed by atoms with E-state index < -0.39 is 11.6 Å². The van der Waals surface area contributed by atoms with Crippen LogP contribution in [-0.2, 0) is 6.54 Å². The molecule has 3 nitrogen and oxygen atoms in total. The fourth-order valence-corrected chi connectivity index (χ4v) is 3.49. The zero-order chi connectivity index (χ0) is 19.3. The third kappa shape index (κ3) is 3.07. The highest BCUT2D eigenvalue weighted by atomic mass is 35.5. The Morgan fingerprint density at radius 3 is 2.11 bits per heavy atom. The molecule has 27 heavy (non-hydrogen) atoms. The van der Waals surface area contributed by atoms with E-state index in [-0.39, 0.29) is 32.8 Å². The number of fused-ring (bicyclic) bond motifs is 1. The molecule has 2 aromatic carbocycles. The first kappa shape index (κ1) is 17.9. The van der Waals surface area contributed by atoms with E-state index in [9.17, 15) is 13.6 Å². The minimum atomic E-state index is -0.573. The molecule has 0 bridgehead atoms. The van der Waals surface area contributed by atoms with Crippen molar-refractivity contribution < 1.29 is 13.6 Å². The second-order valence-electron chi connectivity index (χ2n) is 6.29. The highest BCUT2D eigenvalue weighted by Gasteiger charge is 2.30. The number of nitrogens with zero attached hydrogens (tertiary/aromatic N) is 2. The van der Waals surface area contributed by atoms with Gasteiger partial charge in [-0.15, -0.1) is 0 Å². The highest BCUT2D eigenvalue weighted by molar-refractivity contribution is 6.31. The SMILES string of the molecule is CN1Cc2c(cc(-c3ccc(Cl)cc3F)nc2-c2ccc(Cl)cc2F)C1=O. The first-order valence-corrected chi connectivity index (χ1v) is 8.81. The van der Waals surface area contributed by atoms with Crippen molar-refractivity contribution in [3.8, 4) is 22.5 Å². The Kier molecular flexibility index (Phi) is 4.36. The number of carbonyl (C=O) groups is 1. The van der Waals surface area contributed by atoms with Crippen LogP contribution in [0.2, 0.25) is 10.0 Å². The summed E-state index contributed by atoms with van der Waals surface area (Å²) in [6, 6.07) is 9.95. The van der Waals surface area contributed by atoms with E-state index in [1.165, 1.54) is 41.3 Å². The number of carbonyl (C=O) groups excluding carboxylic acids is 1. The van der Waals surface area contributed by atoms with Gasteiger partial charge in [-0.05, 0) is 42.5 Å². The summed E-state index contributed by atoms with van der Waals surface area (Å²) in [5, 5.41) is 0.498. The molecule has 136 valence electrons. The van der Waals surface area contributed by atoms with Crippen LogP contribution in [0.3, 0.4) is 0 Å². The lowest BCUT2D eigenvalue weighted by Crippen LogP contribution is -2.17. The molecule has 0 atom stereocenters. The Balaban J connectivity index is 2.00. The standard InChI is InChI=1S/C20H12Cl2F2N2O/c1-26-9-15-14(20(26)27)8-18(12-4-2-10(21)6-16(12)23)25-19(15)13-5-3-11(22)7-17(13)24/h2-8H,9H2,1H3. The summed E-state index contributed by atoms with van der Waals surface area (Å²) >= 11 is 11.7. The molecule has 7 heteroatoms. The van der Waals surface area contributed by atoms with E-state index in [2.05, 4.69) is 4.98 Å². The van der Waals surface area contributed by atoms with Crippen molar-refractivity contribution >= 4 is 29.1 Å². The molecule has 1 amide bonds. The van der Waals surface area contributed by atoms with Gasteiger partial charge in [0.25, 0.3) is 5.91 Å². The minimum Gasteiger partial charge on any atom is -0.337 e. The molecular weight excluding hydrogens is 393 g/mol. The Morgan fingerprint density at radius 2 is 1.52 bits per heavy atom. The third-order valence-corrected chi connectivity index (χ3v) is 4.96. The lowest BCUT2D eigenvalue weighted by Gasteiger charge is -2.12. The molecule has 0 saturated carbocycles. The average molecular weight is 405 g/mol. The lowest BCUT2D eigenvalue weighted by atomic mass is 9.99. The number of benzene rings is 2. The Morgan fingerprint density at radius 1 is 0.926 bits per heavy atom. The second kappa shape index (κ2) is 6.59. The molecule has 0 radical (unpaired) electrons. The maximum Gasteiger partial charge on any atom is 0.254 e. The summed E-state index contributed by atoms with van der Waals surface area (Å²) in [6.45, 7) is 0.294. The molecule has 3 aromatic rings. The number of hydrogen-bond donors (Lipinski definition) is 0. The van der Waals surface area contributed by atoms with E-state index in [1.807, 2.05) is 0 Å². The number of aromatic nitrogens is 1. The summed E-state index contributed by atoms with van der Waals surface area (Å²) in [4.78, 5) is 18.5. The van der Waals surface area contributed by atoms with Gasteiger partial charge in [-0.3, -0.25) is 4.79 Å². The van der Waals surface area contributed by atoms with Crippen LogP contribution in [0, 0.1) is 11.6 Å². The van der Waals surface area contributed by atoms with Crippen molar-refractivity contribution in [2.45, 2.75) is 6.54 Å². The zero-order valence-corrected chi connectivity index (χ0v) is 15.6. The van der Waals surface area contributed by atoms with Crippen molar-refractivity contribution in [3.63, 3.8) is 0 Å². The number of hydrogen-bond acceptors (Lipinski definition) is 2. The van der Waals surface area contributed by atoms with E-state index >= 15 is 0 Å². The van der Waals surface area contributed by atoms with Gasteiger partial charge in [0, 0.05) is 45.9 Å². The summed E-state index contributed by atoms with van der Waals surface area (Å²) in [5.74, 6) is -1.36. The second-order valence-corrected chi connectivity index (χ2v) is 7.16. The molecule has 0 unspecified atom stereocenters. The first-order chi connectivity index (χ1) is 12.8. The first-order valence-electron chi connectivity index (χ1n) is 8.05. The van der Waals surface area contributed by atoms with Crippen LogP contribution in [0.5, 0.6) is 0 Å². The molecule has 0 N–H and O–H groups in total. The number of amides is 1. The van der Waals surface area contributed by atoms with Crippen LogP contribution in [-0.4, -0.2) is 22.8 Å². The molecule has 0 fully saturated rings. The molecule has 1 aliphatic heterocycles. The van der Waals surface area contributed by atoms with E-state index in [0.29, 0.717) is 23.4 Å². The fraction of sp³-hybridized carbons (Fsp3) is 0.100. The Bertz CT molecular complexity index is 1100. The van der Waals surface area contributed by atoms with Crippen LogP contribution in [0.25, 0.3) is 22.5 Å². The zero-order valence-electron chi connectivity index (χ0n) is 14.1. The van der Waals surface area contributed by atoms with Gasteiger partial charge >= 0.3 is 0 Å². The van der Waals surface area contributed by atoms with E-state index in [4.69, 9.17) is 23.2 Å². The van der Waals surface area contributed by atoms with Gasteiger partial charge in [0.15, 0.2) is 0 Å². The van der Waals surface area contributed by atoms with Gasteiger partial charge in [0.05, 0.1) is 11.4 Å². The van der Waals surface area contributed by atoms with Crippen molar-refractivity contribution in [1.29, 1.82) is 0 Å². The maximum atomic E-state index is 14.6. The van der Waals surface area contributed by atoms with Crippen molar-refractivity contribution in [2.75, 3.05) is 7.05 Å². The summed E-state index contributed by atoms with van der Waals surface area (Å²) in [7, 11) is 1.65. The number of pyridine rings is 1. The maximum absolute atomic E-state index is 14.6. The molecule has 1 aromatic heterocycles. The predicted molar refractivity (Wildman–Crippen MR) is 101 cm³/mol. The molecule has 0 spiro atoms. The highest BCUT2D eigenvalue weighted by Crippen LogP contribution is 2.36. The quantitative estimate of drug-likeness (QED) is 0.557. The number of rotatable bonds is 2. The van der Waals surface area contributed by atoms with Crippen molar-refractivity contribution in [3.05, 3.63) is 75.3 Å². The fourth-order valence-electron chi connectivity index (χ4n) is 3.18. The van der Waals surface area contributed by atoms with E-state index in [1.54, 1.807) is 13.1 Å².